The van der Waals surface area contributed by atoms with Crippen LogP contribution in [0, 0.1) is 6.92 Å². The van der Waals surface area contributed by atoms with Crippen LogP contribution in [-0.4, -0.2) is 36.2 Å². The topological polar surface area (TPSA) is 19.7 Å². The molecule has 0 radical (unpaired) electrons. The molecule has 0 amide bonds. The van der Waals surface area contributed by atoms with Crippen molar-refractivity contribution in [2.75, 3.05) is 31.5 Å². The molecule has 0 bridgehead atoms. The molecule has 1 aromatic heterocycles. The van der Waals surface area contributed by atoms with E-state index in [-0.39, 0.29) is 0 Å². The minimum Gasteiger partial charge on any atom is -0.338 e. The van der Waals surface area contributed by atoms with Crippen LogP contribution in [0.1, 0.15) is 11.1 Å². The highest BCUT2D eigenvalue weighted by Gasteiger charge is 2.22. The summed E-state index contributed by atoms with van der Waals surface area (Å²) in [6.45, 7) is 7.58. The number of rotatable bonds is 3. The third-order valence-electron chi connectivity index (χ3n) is 4.18. The molecule has 0 atom stereocenters. The summed E-state index contributed by atoms with van der Waals surface area (Å²) in [4.78, 5) is 3.94. The van der Waals surface area contributed by atoms with Crippen LogP contribution in [0.15, 0.2) is 41.1 Å². The smallest absolute Gasteiger partial charge is 0.173 e. The number of hydrogen-bond acceptors (Lipinski definition) is 2. The van der Waals surface area contributed by atoms with Gasteiger partial charge >= 0.3 is 0 Å². The van der Waals surface area contributed by atoms with E-state index in [9.17, 15) is 0 Å². The van der Waals surface area contributed by atoms with Gasteiger partial charge in [0.15, 0.2) is 5.11 Å². The maximum Gasteiger partial charge on any atom is 0.173 e. The monoisotopic (exact) mass is 332 g/mol. The van der Waals surface area contributed by atoms with Crippen molar-refractivity contribution in [3.8, 4) is 0 Å². The van der Waals surface area contributed by atoms with Crippen LogP contribution in [0.4, 0.5) is 5.69 Å². The molecular weight excluding hydrogens is 310 g/mol. The summed E-state index contributed by atoms with van der Waals surface area (Å²) < 4.78 is 0. The van der Waals surface area contributed by atoms with Crippen LogP contribution < -0.4 is 10.2 Å². The Morgan fingerprint density at radius 3 is 2.73 bits per heavy atom. The number of nitrogens with zero attached hydrogens (tertiary/aromatic N) is 1. The van der Waals surface area contributed by atoms with Crippen LogP contribution >= 0.6 is 23.6 Å². The van der Waals surface area contributed by atoms with Crippen molar-refractivity contribution in [1.29, 1.82) is 0 Å². The summed E-state index contributed by atoms with van der Waals surface area (Å²) in [5.74, 6) is 0. The number of anilines is 1. The molecule has 0 saturated carbocycles. The largest absolute Gasteiger partial charge is 0.338 e. The number of thiocarbonyl (C=S) groups is 1. The summed E-state index contributed by atoms with van der Waals surface area (Å²) >= 11 is 7.36. The highest BCUT2D eigenvalue weighted by molar-refractivity contribution is 7.80. The summed E-state index contributed by atoms with van der Waals surface area (Å²) in [5.41, 5.74) is 3.79. The molecule has 1 aromatic carbocycles. The van der Waals surface area contributed by atoms with Crippen LogP contribution in [0.5, 0.6) is 0 Å². The second kappa shape index (κ2) is 7.22. The molecule has 1 saturated heterocycles. The Morgan fingerprint density at radius 2 is 2.05 bits per heavy atom. The van der Waals surface area contributed by atoms with Crippen LogP contribution in [0.25, 0.3) is 0 Å². The fraction of sp³-hybridized carbons (Fsp3) is 0.353. The van der Waals surface area contributed by atoms with Crippen molar-refractivity contribution in [1.82, 2.24) is 4.90 Å². The highest BCUT2D eigenvalue weighted by Crippen LogP contribution is 2.14. The van der Waals surface area contributed by atoms with Gasteiger partial charge in [0.2, 0.25) is 0 Å². The lowest BCUT2D eigenvalue weighted by atomic mass is 10.2. The molecule has 0 unspecified atom stereocenters. The first-order valence-electron chi connectivity index (χ1n) is 7.68. The molecule has 1 aliphatic heterocycles. The molecule has 0 spiro atoms. The number of para-hydroxylation sites is 1. The van der Waals surface area contributed by atoms with Gasteiger partial charge in [-0.2, -0.15) is 11.3 Å². The van der Waals surface area contributed by atoms with Gasteiger partial charge in [-0.1, -0.05) is 18.2 Å². The summed E-state index contributed by atoms with van der Waals surface area (Å²) in [6, 6.07) is 10.5. The van der Waals surface area contributed by atoms with Crippen LogP contribution in [-0.2, 0) is 6.54 Å². The average Bonchev–Trinajstić information content (AvgIpc) is 3.03. The van der Waals surface area contributed by atoms with Gasteiger partial charge in [0.05, 0.1) is 26.2 Å². The highest BCUT2D eigenvalue weighted by atomic mass is 32.1. The van der Waals surface area contributed by atoms with Crippen LogP contribution in [0.2, 0.25) is 0 Å². The zero-order chi connectivity index (χ0) is 15.4. The third kappa shape index (κ3) is 3.85. The van der Waals surface area contributed by atoms with E-state index < -0.39 is 0 Å². The number of quaternary nitrogens is 1. The molecule has 1 aliphatic rings. The first-order valence-corrected chi connectivity index (χ1v) is 9.03. The first-order chi connectivity index (χ1) is 10.7. The minimum absolute atomic E-state index is 0.851. The number of nitrogens with one attached hydrogen (secondary N) is 2. The predicted molar refractivity (Wildman–Crippen MR) is 97.7 cm³/mol. The molecule has 22 heavy (non-hydrogen) atoms. The van der Waals surface area contributed by atoms with E-state index in [1.165, 1.54) is 11.1 Å². The fourth-order valence-electron chi connectivity index (χ4n) is 2.79. The molecule has 3 nitrogen and oxygen atoms in total. The zero-order valence-corrected chi connectivity index (χ0v) is 14.5. The second-order valence-electron chi connectivity index (χ2n) is 5.79. The normalized spacial score (nSPS) is 15.8. The van der Waals surface area contributed by atoms with Crippen molar-refractivity contribution in [3.05, 3.63) is 52.2 Å². The molecule has 2 aromatic rings. The predicted octanol–water partition coefficient (Wildman–Crippen LogP) is 2.15. The lowest BCUT2D eigenvalue weighted by Gasteiger charge is -2.34. The molecule has 116 valence electrons. The summed E-state index contributed by atoms with van der Waals surface area (Å²) in [7, 11) is 0. The lowest BCUT2D eigenvalue weighted by molar-refractivity contribution is -0.917. The van der Waals surface area contributed by atoms with Crippen molar-refractivity contribution < 1.29 is 4.90 Å². The Bertz CT molecular complexity index is 617. The van der Waals surface area contributed by atoms with Crippen molar-refractivity contribution >= 4 is 34.4 Å². The lowest BCUT2D eigenvalue weighted by Crippen LogP contribution is -3.13. The van der Waals surface area contributed by atoms with E-state index in [0.29, 0.717) is 0 Å². The van der Waals surface area contributed by atoms with Crippen molar-refractivity contribution in [2.24, 2.45) is 0 Å². The zero-order valence-electron chi connectivity index (χ0n) is 12.8. The number of hydrogen-bond donors (Lipinski definition) is 2. The molecule has 0 aliphatic carbocycles. The van der Waals surface area contributed by atoms with E-state index in [1.54, 1.807) is 16.2 Å². The van der Waals surface area contributed by atoms with Gasteiger partial charge in [-0.15, -0.1) is 0 Å². The Balaban J connectivity index is 1.50. The second-order valence-corrected chi connectivity index (χ2v) is 6.96. The van der Waals surface area contributed by atoms with E-state index in [2.05, 4.69) is 52.2 Å². The van der Waals surface area contributed by atoms with Gasteiger partial charge in [-0.05, 0) is 47.6 Å². The van der Waals surface area contributed by atoms with E-state index in [0.717, 1.165) is 43.5 Å². The average molecular weight is 333 g/mol. The van der Waals surface area contributed by atoms with Gasteiger partial charge in [0.1, 0.15) is 6.54 Å². The number of thiophene rings is 1. The SMILES string of the molecule is Cc1ccccc1NC(=S)N1CC[NH+](Cc2ccsc2)CC1. The Morgan fingerprint density at radius 1 is 1.27 bits per heavy atom. The number of benzene rings is 1. The van der Waals surface area contributed by atoms with Gasteiger partial charge in [-0.25, -0.2) is 0 Å². The quantitative estimate of drug-likeness (QED) is 0.841. The molecule has 1 fully saturated rings. The van der Waals surface area contributed by atoms with E-state index in [4.69, 9.17) is 12.2 Å². The van der Waals surface area contributed by atoms with Crippen molar-refractivity contribution in [3.63, 3.8) is 0 Å². The Kier molecular flexibility index (Phi) is 5.08. The van der Waals surface area contributed by atoms with Crippen molar-refractivity contribution in [2.45, 2.75) is 13.5 Å². The Hall–Kier alpha value is -1.43. The molecule has 5 heteroatoms. The maximum absolute atomic E-state index is 5.58. The number of aryl methyl sites for hydroxylation is 1. The summed E-state index contributed by atoms with van der Waals surface area (Å²) in [6.07, 6.45) is 0. The van der Waals surface area contributed by atoms with E-state index >= 15 is 0 Å². The van der Waals surface area contributed by atoms with Gasteiger partial charge in [-0.3, -0.25) is 0 Å². The minimum atomic E-state index is 0.851. The van der Waals surface area contributed by atoms with Gasteiger partial charge in [0.25, 0.3) is 0 Å². The Labute approximate surface area is 141 Å². The van der Waals surface area contributed by atoms with E-state index in [1.807, 2.05) is 6.07 Å². The first kappa shape index (κ1) is 15.5. The standard InChI is InChI=1S/C17H21N3S2/c1-14-4-2-3-5-16(14)18-17(21)20-9-7-19(8-10-20)12-15-6-11-22-13-15/h2-6,11,13H,7-10,12H2,1H3,(H,18,21)/p+1. The molecular formula is C17H22N3S2+. The third-order valence-corrected chi connectivity index (χ3v) is 5.27. The molecule has 3 rings (SSSR count). The van der Waals surface area contributed by atoms with Gasteiger partial charge < -0.3 is 15.1 Å². The number of piperazine rings is 1. The molecule has 2 heterocycles. The van der Waals surface area contributed by atoms with Gasteiger partial charge in [0, 0.05) is 11.3 Å². The maximum atomic E-state index is 5.58. The summed E-state index contributed by atoms with van der Waals surface area (Å²) in [5, 5.41) is 8.65. The van der Waals surface area contributed by atoms with Crippen LogP contribution in [0.3, 0.4) is 0 Å². The molecule has 2 N–H and O–H groups in total. The fourth-order valence-corrected chi connectivity index (χ4v) is 3.75.